The summed E-state index contributed by atoms with van der Waals surface area (Å²) in [7, 11) is 1.63. The highest BCUT2D eigenvalue weighted by Crippen LogP contribution is 2.18. The molecule has 1 N–H and O–H groups in total. The minimum atomic E-state index is -0.0754. The van der Waals surface area contributed by atoms with Crippen molar-refractivity contribution < 1.29 is 9.53 Å². The summed E-state index contributed by atoms with van der Waals surface area (Å²) in [5.41, 5.74) is 1.72. The highest BCUT2D eigenvalue weighted by atomic mass is 79.9. The second-order valence-corrected chi connectivity index (χ2v) is 5.73. The van der Waals surface area contributed by atoms with E-state index < -0.39 is 0 Å². The molecule has 18 heavy (non-hydrogen) atoms. The lowest BCUT2D eigenvalue weighted by Crippen LogP contribution is -2.38. The predicted octanol–water partition coefficient (Wildman–Crippen LogP) is 3.29. The molecule has 1 amide bonds. The largest absolute Gasteiger partial charge is 0.383 e. The molecule has 0 aromatic heterocycles. The molecule has 5 heteroatoms. The Kier molecular flexibility index (Phi) is 6.89. The Morgan fingerprint density at radius 3 is 2.83 bits per heavy atom. The fourth-order valence-corrected chi connectivity index (χ4v) is 2.59. The number of carbonyl (C=O) groups excluding carboxylic acids is 1. The van der Waals surface area contributed by atoms with Gasteiger partial charge in [-0.2, -0.15) is 0 Å². The molecule has 0 bridgehead atoms. The Bertz CT molecular complexity index is 404. The summed E-state index contributed by atoms with van der Waals surface area (Å²) >= 11 is 6.77. The first-order valence-electron chi connectivity index (χ1n) is 5.70. The molecule has 0 saturated carbocycles. The van der Waals surface area contributed by atoms with Gasteiger partial charge in [-0.3, -0.25) is 4.79 Å². The molecule has 1 aromatic rings. The number of ether oxygens (including phenoxy) is 1. The Morgan fingerprint density at radius 1 is 1.50 bits per heavy atom. The number of alkyl halides is 1. The molecule has 0 spiro atoms. The van der Waals surface area contributed by atoms with Crippen LogP contribution < -0.4 is 5.32 Å². The van der Waals surface area contributed by atoms with Crippen molar-refractivity contribution in [1.29, 1.82) is 0 Å². The van der Waals surface area contributed by atoms with E-state index in [9.17, 15) is 4.79 Å². The summed E-state index contributed by atoms with van der Waals surface area (Å²) in [4.78, 5) is 12.2. The van der Waals surface area contributed by atoms with Gasteiger partial charge in [-0.25, -0.2) is 0 Å². The lowest BCUT2D eigenvalue weighted by Gasteiger charge is -2.17. The number of hydrogen-bond acceptors (Lipinski definition) is 2. The summed E-state index contributed by atoms with van der Waals surface area (Å²) in [5, 5.41) is 3.81. The van der Waals surface area contributed by atoms with E-state index >= 15 is 0 Å². The quantitative estimate of drug-likeness (QED) is 0.771. The third-order valence-corrected chi connectivity index (χ3v) is 3.68. The van der Waals surface area contributed by atoms with Crippen LogP contribution in [0.1, 0.15) is 22.3 Å². The lowest BCUT2D eigenvalue weighted by atomic mass is 10.1. The first kappa shape index (κ1) is 15.7. The van der Waals surface area contributed by atoms with E-state index in [0.717, 1.165) is 21.8 Å². The average molecular weight is 379 g/mol. The molecule has 0 radical (unpaired) electrons. The number of benzene rings is 1. The standard InChI is InChI=1S/C13H17Br2NO2/c1-9-3-4-12(15)11(7-9)13(17)16-10(5-6-14)8-18-2/h3-4,7,10H,5-6,8H2,1-2H3,(H,16,17). The van der Waals surface area contributed by atoms with E-state index in [1.165, 1.54) is 0 Å². The van der Waals surface area contributed by atoms with Gasteiger partial charge in [0.05, 0.1) is 18.2 Å². The molecule has 1 aromatic carbocycles. The van der Waals surface area contributed by atoms with Crippen molar-refractivity contribution in [2.45, 2.75) is 19.4 Å². The Hall–Kier alpha value is -0.390. The smallest absolute Gasteiger partial charge is 0.252 e. The van der Waals surface area contributed by atoms with Crippen LogP contribution in [-0.2, 0) is 4.74 Å². The summed E-state index contributed by atoms with van der Waals surface area (Å²) in [6, 6.07) is 5.75. The van der Waals surface area contributed by atoms with E-state index in [4.69, 9.17) is 4.74 Å². The van der Waals surface area contributed by atoms with Crippen molar-refractivity contribution in [1.82, 2.24) is 5.32 Å². The van der Waals surface area contributed by atoms with Gasteiger partial charge < -0.3 is 10.1 Å². The van der Waals surface area contributed by atoms with Crippen molar-refractivity contribution in [2.24, 2.45) is 0 Å². The molecule has 0 aliphatic heterocycles. The SMILES string of the molecule is COCC(CCBr)NC(=O)c1cc(C)ccc1Br. The van der Waals surface area contributed by atoms with E-state index in [0.29, 0.717) is 12.2 Å². The van der Waals surface area contributed by atoms with Crippen LogP contribution in [-0.4, -0.2) is 31.0 Å². The number of hydrogen-bond donors (Lipinski definition) is 1. The van der Waals surface area contributed by atoms with Crippen LogP contribution in [0.15, 0.2) is 22.7 Å². The molecule has 1 rings (SSSR count). The minimum absolute atomic E-state index is 0.0225. The maximum atomic E-state index is 12.2. The monoisotopic (exact) mass is 377 g/mol. The minimum Gasteiger partial charge on any atom is -0.383 e. The predicted molar refractivity (Wildman–Crippen MR) is 80.4 cm³/mol. The first-order valence-corrected chi connectivity index (χ1v) is 7.61. The van der Waals surface area contributed by atoms with E-state index in [-0.39, 0.29) is 11.9 Å². The number of halogens is 2. The Balaban J connectivity index is 2.76. The Morgan fingerprint density at radius 2 is 2.22 bits per heavy atom. The number of aryl methyl sites for hydroxylation is 1. The van der Waals surface area contributed by atoms with Crippen LogP contribution >= 0.6 is 31.9 Å². The van der Waals surface area contributed by atoms with E-state index in [1.54, 1.807) is 7.11 Å². The molecular formula is C13H17Br2NO2. The second-order valence-electron chi connectivity index (χ2n) is 4.09. The van der Waals surface area contributed by atoms with Gasteiger partial charge in [0.1, 0.15) is 0 Å². The molecule has 1 atom stereocenters. The topological polar surface area (TPSA) is 38.3 Å². The zero-order valence-corrected chi connectivity index (χ0v) is 13.7. The number of rotatable bonds is 6. The summed E-state index contributed by atoms with van der Waals surface area (Å²) in [6.07, 6.45) is 0.836. The fourth-order valence-electron chi connectivity index (χ4n) is 1.61. The molecule has 0 saturated heterocycles. The molecule has 0 aliphatic carbocycles. The van der Waals surface area contributed by atoms with Gasteiger partial charge in [0.15, 0.2) is 0 Å². The van der Waals surface area contributed by atoms with Crippen molar-refractivity contribution in [3.63, 3.8) is 0 Å². The zero-order valence-electron chi connectivity index (χ0n) is 10.5. The number of nitrogens with one attached hydrogen (secondary N) is 1. The molecular weight excluding hydrogens is 362 g/mol. The van der Waals surface area contributed by atoms with Gasteiger partial charge >= 0.3 is 0 Å². The Labute approximate surface area is 125 Å². The molecule has 3 nitrogen and oxygen atoms in total. The van der Waals surface area contributed by atoms with Crippen LogP contribution in [0.4, 0.5) is 0 Å². The van der Waals surface area contributed by atoms with Crippen molar-refractivity contribution in [2.75, 3.05) is 19.0 Å². The number of amides is 1. The van der Waals surface area contributed by atoms with Crippen LogP contribution in [0.3, 0.4) is 0 Å². The highest BCUT2D eigenvalue weighted by molar-refractivity contribution is 9.10. The first-order chi connectivity index (χ1) is 8.58. The highest BCUT2D eigenvalue weighted by Gasteiger charge is 2.15. The van der Waals surface area contributed by atoms with E-state index in [2.05, 4.69) is 37.2 Å². The van der Waals surface area contributed by atoms with Crippen LogP contribution in [0.25, 0.3) is 0 Å². The maximum Gasteiger partial charge on any atom is 0.252 e. The third kappa shape index (κ3) is 4.71. The molecule has 100 valence electrons. The van der Waals surface area contributed by atoms with Crippen LogP contribution in [0, 0.1) is 6.92 Å². The lowest BCUT2D eigenvalue weighted by molar-refractivity contribution is 0.0894. The summed E-state index contributed by atoms with van der Waals surface area (Å²) in [6.45, 7) is 2.48. The normalized spacial score (nSPS) is 12.2. The fraction of sp³-hybridized carbons (Fsp3) is 0.462. The van der Waals surface area contributed by atoms with Gasteiger partial charge in [0.25, 0.3) is 5.91 Å². The molecule has 0 fully saturated rings. The molecule has 0 aliphatic rings. The van der Waals surface area contributed by atoms with Gasteiger partial charge in [0.2, 0.25) is 0 Å². The number of carbonyl (C=O) groups is 1. The summed E-state index contributed by atoms with van der Waals surface area (Å²) in [5.74, 6) is -0.0754. The third-order valence-electron chi connectivity index (χ3n) is 2.53. The van der Waals surface area contributed by atoms with Crippen molar-refractivity contribution in [3.8, 4) is 0 Å². The van der Waals surface area contributed by atoms with Gasteiger partial charge in [-0.15, -0.1) is 0 Å². The van der Waals surface area contributed by atoms with E-state index in [1.807, 2.05) is 25.1 Å². The van der Waals surface area contributed by atoms with Crippen LogP contribution in [0.5, 0.6) is 0 Å². The maximum absolute atomic E-state index is 12.2. The number of methoxy groups -OCH3 is 1. The average Bonchev–Trinajstić information content (AvgIpc) is 2.33. The molecule has 1 unspecified atom stereocenters. The van der Waals surface area contributed by atoms with Gasteiger partial charge in [0, 0.05) is 16.9 Å². The summed E-state index contributed by atoms with van der Waals surface area (Å²) < 4.78 is 5.91. The van der Waals surface area contributed by atoms with Gasteiger partial charge in [-0.1, -0.05) is 27.6 Å². The zero-order chi connectivity index (χ0) is 13.5. The van der Waals surface area contributed by atoms with Crippen molar-refractivity contribution in [3.05, 3.63) is 33.8 Å². The van der Waals surface area contributed by atoms with Gasteiger partial charge in [-0.05, 0) is 41.4 Å². The second kappa shape index (κ2) is 7.92. The van der Waals surface area contributed by atoms with Crippen LogP contribution in [0.2, 0.25) is 0 Å². The van der Waals surface area contributed by atoms with Crippen molar-refractivity contribution >= 4 is 37.8 Å². The molecule has 0 heterocycles.